The first-order valence-corrected chi connectivity index (χ1v) is 2.37. The van der Waals surface area contributed by atoms with Gasteiger partial charge in [-0.25, -0.2) is 0 Å². The van der Waals surface area contributed by atoms with Crippen LogP contribution in [0.3, 0.4) is 0 Å². The first kappa shape index (κ1) is 6.88. The second-order valence-electron chi connectivity index (χ2n) is 0.604. The van der Waals surface area contributed by atoms with Crippen LogP contribution in [0.15, 0.2) is 0 Å². The molecule has 0 bridgehead atoms. The molecule has 1 unspecified atom stereocenters. The van der Waals surface area contributed by atoms with Gasteiger partial charge in [0, 0.05) is 4.57 Å². The molecule has 1 atom stereocenters. The largest absolute Gasteiger partial charge is 0.700 e. The van der Waals surface area contributed by atoms with E-state index in [1.54, 1.807) is 0 Å². The van der Waals surface area contributed by atoms with Crippen molar-refractivity contribution in [3.63, 3.8) is 0 Å². The highest BCUT2D eigenvalue weighted by molar-refractivity contribution is 7.32. The van der Waals surface area contributed by atoms with Crippen LogP contribution in [0.5, 0.6) is 0 Å². The van der Waals surface area contributed by atoms with Crippen molar-refractivity contribution in [2.75, 3.05) is 0 Å². The Morgan fingerprint density at radius 2 is 2.14 bits per heavy atom. The number of rotatable bonds is 2. The summed E-state index contributed by atoms with van der Waals surface area (Å²) in [5.74, 6) is 0. The number of hydrogen-bond acceptors (Lipinski definition) is 2. The van der Waals surface area contributed by atoms with Gasteiger partial charge in [-0.3, -0.25) is 0 Å². The molecule has 0 radical (unpaired) electrons. The summed E-state index contributed by atoms with van der Waals surface area (Å²) in [5, 5.41) is 0. The quantitative estimate of drug-likeness (QED) is 0.565. The lowest BCUT2D eigenvalue weighted by Gasteiger charge is -1.77. The minimum absolute atomic E-state index is 2.98. The zero-order valence-electron chi connectivity index (χ0n) is 3.04. The summed E-state index contributed by atoms with van der Waals surface area (Å²) in [6.45, 7) is -3.16. The molecule has 6 heteroatoms. The van der Waals surface area contributed by atoms with Gasteiger partial charge in [-0.1, -0.05) is 0 Å². The minimum atomic E-state index is -3.16. The van der Waals surface area contributed by atoms with Crippen molar-refractivity contribution in [3.05, 3.63) is 0 Å². The Kier molecular flexibility index (Phi) is 2.91. The summed E-state index contributed by atoms with van der Waals surface area (Å²) in [6.07, 6.45) is 0. The summed E-state index contributed by atoms with van der Waals surface area (Å²) in [7, 11) is -3.14. The molecule has 1 N–H and O–H groups in total. The van der Waals surface area contributed by atoms with E-state index in [1.807, 2.05) is 0 Å². The van der Waals surface area contributed by atoms with E-state index in [0.29, 0.717) is 0 Å². The standard InChI is InChI=1S/CHF2O3P/c2-1(3)6-7(4)5/h1H/p+1. The summed E-state index contributed by atoms with van der Waals surface area (Å²) in [4.78, 5) is 7.53. The fraction of sp³-hybridized carbons (Fsp3) is 1.00. The minimum Gasteiger partial charge on any atom is -0.174 e. The Morgan fingerprint density at radius 1 is 1.71 bits per heavy atom. The monoisotopic (exact) mass is 131 g/mol. The molecule has 0 spiro atoms. The first-order chi connectivity index (χ1) is 3.13. The third-order valence-corrected chi connectivity index (χ3v) is 0.510. The van der Waals surface area contributed by atoms with Crippen molar-refractivity contribution in [1.29, 1.82) is 0 Å². The molecule has 0 aliphatic heterocycles. The van der Waals surface area contributed by atoms with Gasteiger partial charge >= 0.3 is 14.9 Å². The number of halogens is 2. The van der Waals surface area contributed by atoms with Crippen molar-refractivity contribution < 1.29 is 22.8 Å². The lowest BCUT2D eigenvalue weighted by Crippen LogP contribution is -1.87. The Bertz CT molecular complexity index is 73.3. The molecule has 0 saturated heterocycles. The van der Waals surface area contributed by atoms with Crippen molar-refractivity contribution in [1.82, 2.24) is 0 Å². The third kappa shape index (κ3) is 5.88. The van der Waals surface area contributed by atoms with Crippen LogP contribution >= 0.6 is 8.25 Å². The van der Waals surface area contributed by atoms with E-state index in [-0.39, 0.29) is 0 Å². The summed E-state index contributed by atoms with van der Waals surface area (Å²) < 4.78 is 33.7. The highest BCUT2D eigenvalue weighted by Gasteiger charge is 2.20. The van der Waals surface area contributed by atoms with Crippen LogP contribution in [0.25, 0.3) is 0 Å². The van der Waals surface area contributed by atoms with Crippen LogP contribution < -0.4 is 0 Å². The van der Waals surface area contributed by atoms with E-state index in [0.717, 1.165) is 0 Å². The molecule has 42 valence electrons. The molecule has 0 fully saturated rings. The van der Waals surface area contributed by atoms with Gasteiger partial charge in [0.1, 0.15) is 0 Å². The van der Waals surface area contributed by atoms with Crippen LogP contribution in [0.4, 0.5) is 8.78 Å². The van der Waals surface area contributed by atoms with E-state index < -0.39 is 14.9 Å². The van der Waals surface area contributed by atoms with Gasteiger partial charge in [0.25, 0.3) is 0 Å². The van der Waals surface area contributed by atoms with Crippen LogP contribution in [0.2, 0.25) is 0 Å². The van der Waals surface area contributed by atoms with Crippen LogP contribution in [-0.2, 0) is 9.09 Å². The lowest BCUT2D eigenvalue weighted by molar-refractivity contribution is -0.0507. The molecule has 0 amide bonds. The van der Waals surface area contributed by atoms with Gasteiger partial charge in [-0.15, -0.1) is 4.89 Å². The molecule has 0 saturated carbocycles. The average molecular weight is 131 g/mol. The Labute approximate surface area is 38.9 Å². The van der Waals surface area contributed by atoms with Crippen LogP contribution in [0, 0.1) is 0 Å². The highest BCUT2D eigenvalue weighted by atomic mass is 31.1. The van der Waals surface area contributed by atoms with Crippen molar-refractivity contribution >= 4 is 8.25 Å². The van der Waals surface area contributed by atoms with Crippen molar-refractivity contribution in [2.45, 2.75) is 6.61 Å². The van der Waals surface area contributed by atoms with E-state index in [2.05, 4.69) is 4.52 Å². The molecule has 0 heterocycles. The predicted octanol–water partition coefficient (Wildman–Crippen LogP) is 0.875. The molecule has 0 aromatic rings. The molecule has 0 aromatic carbocycles. The molecule has 0 aliphatic carbocycles. The summed E-state index contributed by atoms with van der Waals surface area (Å²) >= 11 is 0. The Morgan fingerprint density at radius 3 is 2.14 bits per heavy atom. The molecule has 3 nitrogen and oxygen atoms in total. The van der Waals surface area contributed by atoms with Gasteiger partial charge in [-0.05, 0) is 4.52 Å². The van der Waals surface area contributed by atoms with E-state index in [4.69, 9.17) is 4.89 Å². The fourth-order valence-corrected chi connectivity index (χ4v) is 0.204. The fourth-order valence-electron chi connectivity index (χ4n) is 0.0682. The second-order valence-corrected chi connectivity index (χ2v) is 1.29. The number of alkyl halides is 2. The molecule has 0 aliphatic rings. The summed E-state index contributed by atoms with van der Waals surface area (Å²) in [5.41, 5.74) is 0. The normalized spacial score (nSPS) is 12.3. The predicted molar refractivity (Wildman–Crippen MR) is 16.9 cm³/mol. The molecular formula is CH2F2O3P+. The molecule has 0 rings (SSSR count). The average Bonchev–Trinajstić information content (AvgIpc) is 1.27. The van der Waals surface area contributed by atoms with Gasteiger partial charge < -0.3 is 0 Å². The smallest absolute Gasteiger partial charge is 0.174 e. The van der Waals surface area contributed by atoms with Gasteiger partial charge in [-0.2, -0.15) is 8.78 Å². The van der Waals surface area contributed by atoms with Gasteiger partial charge in [0.15, 0.2) is 0 Å². The van der Waals surface area contributed by atoms with Crippen molar-refractivity contribution in [3.8, 4) is 0 Å². The third-order valence-electron chi connectivity index (χ3n) is 0.170. The maximum Gasteiger partial charge on any atom is 0.700 e. The van der Waals surface area contributed by atoms with Crippen molar-refractivity contribution in [2.24, 2.45) is 0 Å². The SMILES string of the molecule is O=[P+](O)OC(F)F. The van der Waals surface area contributed by atoms with Crippen LogP contribution in [-0.4, -0.2) is 11.5 Å². The molecule has 7 heavy (non-hydrogen) atoms. The zero-order chi connectivity index (χ0) is 5.86. The Balaban J connectivity index is 3.13. The van der Waals surface area contributed by atoms with E-state index >= 15 is 0 Å². The molecular weight excluding hydrogens is 129 g/mol. The highest BCUT2D eigenvalue weighted by Crippen LogP contribution is 2.18. The van der Waals surface area contributed by atoms with Gasteiger partial charge in [0.2, 0.25) is 0 Å². The van der Waals surface area contributed by atoms with Crippen LogP contribution in [0.1, 0.15) is 0 Å². The van der Waals surface area contributed by atoms with Gasteiger partial charge in [0.05, 0.1) is 0 Å². The summed E-state index contributed by atoms with van der Waals surface area (Å²) in [6, 6.07) is 0. The zero-order valence-corrected chi connectivity index (χ0v) is 3.94. The van der Waals surface area contributed by atoms with E-state index in [1.165, 1.54) is 0 Å². The van der Waals surface area contributed by atoms with E-state index in [9.17, 15) is 13.3 Å². The number of hydrogen-bond donors (Lipinski definition) is 1. The topological polar surface area (TPSA) is 46.5 Å². The molecule has 0 aromatic heterocycles. The maximum atomic E-state index is 10.7. The maximum absolute atomic E-state index is 10.7. The first-order valence-electron chi connectivity index (χ1n) is 1.24. The second kappa shape index (κ2) is 2.96. The lowest BCUT2D eigenvalue weighted by atomic mass is 11.5. The Hall–Kier alpha value is -0.120.